The lowest BCUT2D eigenvalue weighted by atomic mass is 10.0. The Morgan fingerprint density at radius 3 is 2.15 bits per heavy atom. The molecule has 0 bridgehead atoms. The predicted octanol–water partition coefficient (Wildman–Crippen LogP) is 5.35. The molecule has 0 radical (unpaired) electrons. The highest BCUT2D eigenvalue weighted by atomic mass is 32.2. The quantitative estimate of drug-likeness (QED) is 0.295. The van der Waals surface area contributed by atoms with Crippen molar-refractivity contribution in [2.24, 2.45) is 0 Å². The molecule has 41 heavy (non-hydrogen) atoms. The third-order valence-electron chi connectivity index (χ3n) is 7.11. The molecule has 0 saturated carbocycles. The molecule has 3 aromatic carbocycles. The number of benzene rings is 3. The fourth-order valence-corrected chi connectivity index (χ4v) is 5.72. The molecular formula is C32H41N3O5S. The number of hydrogen-bond acceptors (Lipinski definition) is 5. The Hall–Kier alpha value is -3.85. The summed E-state index contributed by atoms with van der Waals surface area (Å²) in [6.45, 7) is 9.24. The fourth-order valence-electron chi connectivity index (χ4n) is 4.29. The summed E-state index contributed by atoms with van der Waals surface area (Å²) >= 11 is 0. The van der Waals surface area contributed by atoms with Gasteiger partial charge in [-0.2, -0.15) is 0 Å². The molecule has 0 aliphatic rings. The summed E-state index contributed by atoms with van der Waals surface area (Å²) in [6.07, 6.45) is 0.734. The van der Waals surface area contributed by atoms with Crippen molar-refractivity contribution in [1.29, 1.82) is 0 Å². The van der Waals surface area contributed by atoms with Crippen LogP contribution in [0.1, 0.15) is 58.1 Å². The average molecular weight is 580 g/mol. The summed E-state index contributed by atoms with van der Waals surface area (Å²) in [6, 6.07) is 21.5. The lowest BCUT2D eigenvalue weighted by Gasteiger charge is -2.32. The number of carbonyl (C=O) groups is 2. The van der Waals surface area contributed by atoms with Gasteiger partial charge >= 0.3 is 0 Å². The van der Waals surface area contributed by atoms with Crippen LogP contribution in [0.2, 0.25) is 0 Å². The predicted molar refractivity (Wildman–Crippen MR) is 162 cm³/mol. The molecule has 0 heterocycles. The Labute approximate surface area is 244 Å². The van der Waals surface area contributed by atoms with Crippen LogP contribution >= 0.6 is 0 Å². The molecule has 0 spiro atoms. The van der Waals surface area contributed by atoms with Crippen LogP contribution in [0, 0.1) is 0 Å². The van der Waals surface area contributed by atoms with E-state index in [9.17, 15) is 18.0 Å². The third kappa shape index (κ3) is 8.10. The number of amides is 2. The van der Waals surface area contributed by atoms with E-state index in [1.165, 1.54) is 17.0 Å². The summed E-state index contributed by atoms with van der Waals surface area (Å²) in [5, 5.41) is 2.94. The van der Waals surface area contributed by atoms with Gasteiger partial charge in [0.15, 0.2) is 0 Å². The molecule has 2 amide bonds. The van der Waals surface area contributed by atoms with E-state index < -0.39 is 28.5 Å². The van der Waals surface area contributed by atoms with Crippen molar-refractivity contribution in [3.05, 3.63) is 90.0 Å². The maximum Gasteiger partial charge on any atom is 0.264 e. The second-order valence-electron chi connectivity index (χ2n) is 10.4. The minimum absolute atomic E-state index is 0.0719. The SMILES string of the molecule is CC[C@H](C)NC(=O)[C@@H](C)N(Cc1cccc(OC)c1)C(=O)CN(c1ccc(C(C)C)cc1)S(=O)(=O)c1ccccc1. The monoisotopic (exact) mass is 579 g/mol. The van der Waals surface area contributed by atoms with Crippen molar-refractivity contribution < 1.29 is 22.7 Å². The second-order valence-corrected chi connectivity index (χ2v) is 12.3. The molecule has 2 atom stereocenters. The highest BCUT2D eigenvalue weighted by molar-refractivity contribution is 7.92. The first-order chi connectivity index (χ1) is 19.5. The van der Waals surface area contributed by atoms with Gasteiger partial charge in [0.05, 0.1) is 17.7 Å². The van der Waals surface area contributed by atoms with Crippen molar-refractivity contribution in [2.75, 3.05) is 18.0 Å². The van der Waals surface area contributed by atoms with Crippen LogP contribution in [0.3, 0.4) is 0 Å². The molecule has 0 fully saturated rings. The van der Waals surface area contributed by atoms with Gasteiger partial charge in [-0.25, -0.2) is 8.42 Å². The summed E-state index contributed by atoms with van der Waals surface area (Å²) in [7, 11) is -2.55. The molecule has 1 N–H and O–H groups in total. The second kappa shape index (κ2) is 14.2. The number of hydrogen-bond donors (Lipinski definition) is 1. The van der Waals surface area contributed by atoms with E-state index in [1.54, 1.807) is 56.5 Å². The maximum atomic E-state index is 14.0. The molecule has 9 heteroatoms. The number of nitrogens with one attached hydrogen (secondary N) is 1. The van der Waals surface area contributed by atoms with Gasteiger partial charge in [0.2, 0.25) is 11.8 Å². The van der Waals surface area contributed by atoms with Crippen LogP contribution in [0.15, 0.2) is 83.8 Å². The number of rotatable bonds is 13. The van der Waals surface area contributed by atoms with Crippen LogP contribution in [0.5, 0.6) is 5.75 Å². The summed E-state index contributed by atoms with van der Waals surface area (Å²) < 4.78 is 34.3. The van der Waals surface area contributed by atoms with Crippen molar-refractivity contribution in [2.45, 2.75) is 70.5 Å². The number of carbonyl (C=O) groups excluding carboxylic acids is 2. The Morgan fingerprint density at radius 1 is 0.902 bits per heavy atom. The van der Waals surface area contributed by atoms with E-state index in [-0.39, 0.29) is 29.3 Å². The van der Waals surface area contributed by atoms with Gasteiger partial charge in [-0.3, -0.25) is 13.9 Å². The lowest BCUT2D eigenvalue weighted by Crippen LogP contribution is -2.52. The van der Waals surface area contributed by atoms with Crippen LogP contribution in [-0.4, -0.2) is 50.9 Å². The largest absolute Gasteiger partial charge is 0.497 e. The molecule has 0 unspecified atom stereocenters. The van der Waals surface area contributed by atoms with Gasteiger partial charge in [0, 0.05) is 12.6 Å². The van der Waals surface area contributed by atoms with Crippen LogP contribution in [0.4, 0.5) is 5.69 Å². The summed E-state index contributed by atoms with van der Waals surface area (Å²) in [5.74, 6) is 0.0552. The zero-order valence-corrected chi connectivity index (χ0v) is 25.5. The minimum atomic E-state index is -4.10. The van der Waals surface area contributed by atoms with Crippen molar-refractivity contribution in [1.82, 2.24) is 10.2 Å². The van der Waals surface area contributed by atoms with Gasteiger partial charge in [-0.15, -0.1) is 0 Å². The summed E-state index contributed by atoms with van der Waals surface area (Å²) in [5.41, 5.74) is 2.16. The maximum absolute atomic E-state index is 14.0. The molecule has 220 valence electrons. The lowest BCUT2D eigenvalue weighted by molar-refractivity contribution is -0.139. The fraction of sp³-hybridized carbons (Fsp3) is 0.375. The Bertz CT molecular complexity index is 1410. The molecule has 0 saturated heterocycles. The third-order valence-corrected chi connectivity index (χ3v) is 8.90. The number of ether oxygens (including phenoxy) is 1. The van der Waals surface area contributed by atoms with Gasteiger partial charge in [0.1, 0.15) is 18.3 Å². The highest BCUT2D eigenvalue weighted by Crippen LogP contribution is 2.27. The molecular weight excluding hydrogens is 538 g/mol. The van der Waals surface area contributed by atoms with Gasteiger partial charge < -0.3 is 15.0 Å². The average Bonchev–Trinajstić information content (AvgIpc) is 2.98. The number of anilines is 1. The van der Waals surface area contributed by atoms with E-state index in [0.717, 1.165) is 21.9 Å². The summed E-state index contributed by atoms with van der Waals surface area (Å²) in [4.78, 5) is 28.7. The minimum Gasteiger partial charge on any atom is -0.497 e. The zero-order valence-electron chi connectivity index (χ0n) is 24.7. The van der Waals surface area contributed by atoms with E-state index in [4.69, 9.17) is 4.74 Å². The molecule has 0 aliphatic heterocycles. The Balaban J connectivity index is 2.03. The van der Waals surface area contributed by atoms with Crippen molar-refractivity contribution in [3.8, 4) is 5.75 Å². The van der Waals surface area contributed by atoms with Gasteiger partial charge in [-0.1, -0.05) is 63.2 Å². The number of sulfonamides is 1. The molecule has 0 aliphatic carbocycles. The molecule has 3 rings (SSSR count). The topological polar surface area (TPSA) is 96.0 Å². The highest BCUT2D eigenvalue weighted by Gasteiger charge is 2.32. The first kappa shape index (κ1) is 31.7. The van der Waals surface area contributed by atoms with E-state index in [1.807, 2.05) is 38.1 Å². The van der Waals surface area contributed by atoms with Crippen LogP contribution in [-0.2, 0) is 26.2 Å². The van der Waals surface area contributed by atoms with Crippen LogP contribution in [0.25, 0.3) is 0 Å². The van der Waals surface area contributed by atoms with Gasteiger partial charge in [0.25, 0.3) is 10.0 Å². The number of nitrogens with zero attached hydrogens (tertiary/aromatic N) is 2. The molecule has 8 nitrogen and oxygen atoms in total. The Kier molecular flexibility index (Phi) is 10.9. The van der Waals surface area contributed by atoms with E-state index in [2.05, 4.69) is 19.2 Å². The molecule has 3 aromatic rings. The van der Waals surface area contributed by atoms with Crippen molar-refractivity contribution >= 4 is 27.5 Å². The molecule has 0 aromatic heterocycles. The smallest absolute Gasteiger partial charge is 0.264 e. The van der Waals surface area contributed by atoms with E-state index >= 15 is 0 Å². The number of methoxy groups -OCH3 is 1. The first-order valence-corrected chi connectivity index (χ1v) is 15.3. The van der Waals surface area contributed by atoms with E-state index in [0.29, 0.717) is 11.4 Å². The van der Waals surface area contributed by atoms with Gasteiger partial charge in [-0.05, 0) is 73.7 Å². The van der Waals surface area contributed by atoms with Crippen molar-refractivity contribution in [3.63, 3.8) is 0 Å². The standard InChI is InChI=1S/C32H41N3O5S/c1-7-24(4)33-32(37)25(5)34(21-26-12-11-13-29(20-26)40-6)31(36)22-35(28-18-16-27(17-19-28)23(2)3)41(38,39)30-14-9-8-10-15-30/h8-20,23-25H,7,21-22H2,1-6H3,(H,33,37)/t24-,25+/m0/s1. The first-order valence-electron chi connectivity index (χ1n) is 13.9. The van der Waals surface area contributed by atoms with Crippen LogP contribution < -0.4 is 14.4 Å². The normalized spacial score (nSPS) is 12.9. The Morgan fingerprint density at radius 2 is 1.56 bits per heavy atom. The zero-order chi connectivity index (χ0) is 30.2.